The van der Waals surface area contributed by atoms with Crippen LogP contribution >= 0.6 is 0 Å². The van der Waals surface area contributed by atoms with Crippen LogP contribution in [-0.2, 0) is 0 Å². The van der Waals surface area contributed by atoms with Crippen LogP contribution < -0.4 is 0 Å². The molecule has 9 aromatic rings. The summed E-state index contributed by atoms with van der Waals surface area (Å²) in [6, 6.07) is 41.1. The Morgan fingerprint density at radius 1 is 0.341 bits per heavy atom. The third-order valence-corrected chi connectivity index (χ3v) is 7.88. The van der Waals surface area contributed by atoms with E-state index in [-0.39, 0.29) is 0 Å². The second-order valence-electron chi connectivity index (χ2n) is 10.2. The average Bonchev–Trinajstić information content (AvgIpc) is 3.41. The fraction of sp³-hybridized carbons (Fsp3) is 0. The summed E-state index contributed by atoms with van der Waals surface area (Å²) in [7, 11) is 0. The lowest BCUT2D eigenvalue weighted by atomic mass is 9.98. The Labute approximate surface area is 233 Å². The number of rotatable bonds is 2. The third-order valence-electron chi connectivity index (χ3n) is 7.88. The molecule has 0 saturated carbocycles. The monoisotopic (exact) mass is 524 g/mol. The highest BCUT2D eigenvalue weighted by atomic mass is 16.3. The average molecular weight is 525 g/mol. The highest BCUT2D eigenvalue weighted by Crippen LogP contribution is 2.40. The zero-order valence-electron chi connectivity index (χ0n) is 21.7. The minimum atomic E-state index is 0.481. The van der Waals surface area contributed by atoms with Crippen LogP contribution in [0.3, 0.4) is 0 Å². The van der Waals surface area contributed by atoms with Gasteiger partial charge in [0.15, 0.2) is 0 Å². The molecule has 4 aromatic heterocycles. The quantitative estimate of drug-likeness (QED) is 0.211. The lowest BCUT2D eigenvalue weighted by Crippen LogP contribution is -2.00. The summed E-state index contributed by atoms with van der Waals surface area (Å²) in [5.41, 5.74) is 6.59. The van der Waals surface area contributed by atoms with Crippen LogP contribution in [0.4, 0.5) is 0 Å². The summed E-state index contributed by atoms with van der Waals surface area (Å²) in [6.45, 7) is 0. The molecule has 0 spiro atoms. The van der Waals surface area contributed by atoms with Crippen molar-refractivity contribution in [3.8, 4) is 22.8 Å². The van der Waals surface area contributed by atoms with Gasteiger partial charge >= 0.3 is 0 Å². The second-order valence-corrected chi connectivity index (χ2v) is 10.2. The Morgan fingerprint density at radius 2 is 0.780 bits per heavy atom. The molecule has 9 rings (SSSR count). The van der Waals surface area contributed by atoms with Crippen molar-refractivity contribution < 1.29 is 4.42 Å². The highest BCUT2D eigenvalue weighted by molar-refractivity contribution is 6.15. The van der Waals surface area contributed by atoms with Gasteiger partial charge in [-0.25, -0.2) is 19.9 Å². The molecule has 0 fully saturated rings. The van der Waals surface area contributed by atoms with Gasteiger partial charge in [0.05, 0.1) is 22.4 Å². The standard InChI is InChI=1S/C36H20N4O/c1-3-15-25-21(11-1)23-13-5-8-18-28(23)37-31(25)34-35(40-36-33(39-34)27-17-7-10-20-30(27)41-36)32-26-16-4-2-12-22(26)24-14-6-9-19-29(24)38-32/h1-20H. The molecule has 0 radical (unpaired) electrons. The molecule has 5 heteroatoms. The highest BCUT2D eigenvalue weighted by Gasteiger charge is 2.23. The molecular weight excluding hydrogens is 504 g/mol. The predicted molar refractivity (Wildman–Crippen MR) is 166 cm³/mol. The van der Waals surface area contributed by atoms with Crippen molar-refractivity contribution in [1.82, 2.24) is 19.9 Å². The van der Waals surface area contributed by atoms with E-state index in [0.717, 1.165) is 65.7 Å². The maximum Gasteiger partial charge on any atom is 0.246 e. The number of nitrogens with zero attached hydrogens (tertiary/aromatic N) is 4. The molecule has 0 atom stereocenters. The molecule has 0 aliphatic heterocycles. The van der Waals surface area contributed by atoms with Gasteiger partial charge in [-0.3, -0.25) is 0 Å². The Kier molecular flexibility index (Phi) is 4.55. The van der Waals surface area contributed by atoms with Crippen LogP contribution in [0, 0.1) is 0 Å². The Balaban J connectivity index is 1.49. The van der Waals surface area contributed by atoms with E-state index in [0.29, 0.717) is 22.6 Å². The number of fused-ring (bicyclic) bond motifs is 9. The van der Waals surface area contributed by atoms with Crippen LogP contribution in [-0.4, -0.2) is 19.9 Å². The second kappa shape index (κ2) is 8.41. The van der Waals surface area contributed by atoms with E-state index >= 15 is 0 Å². The van der Waals surface area contributed by atoms with Crippen molar-refractivity contribution >= 4 is 65.6 Å². The molecule has 5 aromatic carbocycles. The number of hydrogen-bond donors (Lipinski definition) is 0. The lowest BCUT2D eigenvalue weighted by molar-refractivity contribution is 0.653. The first kappa shape index (κ1) is 22.2. The SMILES string of the molecule is c1ccc2c(c1)nc(-c1nc3oc4ccccc4c3nc1-c1nc3ccccc3c3ccccc13)c1ccccc12. The molecule has 0 aliphatic carbocycles. The van der Waals surface area contributed by atoms with Crippen molar-refractivity contribution in [1.29, 1.82) is 0 Å². The molecule has 0 amide bonds. The molecule has 0 saturated heterocycles. The van der Waals surface area contributed by atoms with Gasteiger partial charge in [0.25, 0.3) is 0 Å². The predicted octanol–water partition coefficient (Wildman–Crippen LogP) is 9.11. The molecule has 0 aliphatic rings. The van der Waals surface area contributed by atoms with Gasteiger partial charge in [-0.15, -0.1) is 0 Å². The van der Waals surface area contributed by atoms with E-state index in [9.17, 15) is 0 Å². The minimum Gasteiger partial charge on any atom is -0.436 e. The van der Waals surface area contributed by atoms with Crippen molar-refractivity contribution in [3.05, 3.63) is 121 Å². The zero-order valence-corrected chi connectivity index (χ0v) is 21.7. The maximum atomic E-state index is 6.24. The minimum absolute atomic E-state index is 0.481. The number of pyridine rings is 2. The van der Waals surface area contributed by atoms with E-state index in [1.165, 1.54) is 0 Å². The number of benzene rings is 5. The van der Waals surface area contributed by atoms with Crippen LogP contribution in [0.2, 0.25) is 0 Å². The van der Waals surface area contributed by atoms with Crippen LogP contribution in [0.5, 0.6) is 0 Å². The Bertz CT molecular complexity index is 2500. The van der Waals surface area contributed by atoms with E-state index in [1.54, 1.807) is 0 Å². The summed E-state index contributed by atoms with van der Waals surface area (Å²) in [5.74, 6) is 0. The third kappa shape index (κ3) is 3.23. The fourth-order valence-electron chi connectivity index (χ4n) is 6.02. The van der Waals surface area contributed by atoms with Crippen LogP contribution in [0.1, 0.15) is 0 Å². The number of para-hydroxylation sites is 3. The molecule has 0 unspecified atom stereocenters. The van der Waals surface area contributed by atoms with Crippen molar-refractivity contribution in [2.75, 3.05) is 0 Å². The topological polar surface area (TPSA) is 64.7 Å². The summed E-state index contributed by atoms with van der Waals surface area (Å²) in [6.07, 6.45) is 0. The molecule has 190 valence electrons. The van der Waals surface area contributed by atoms with Crippen molar-refractivity contribution in [2.45, 2.75) is 0 Å². The molecule has 0 N–H and O–H groups in total. The lowest BCUT2D eigenvalue weighted by Gasteiger charge is -2.14. The zero-order chi connectivity index (χ0) is 26.9. The first-order valence-electron chi connectivity index (χ1n) is 13.6. The first-order valence-corrected chi connectivity index (χ1v) is 13.6. The molecule has 4 heterocycles. The molecule has 41 heavy (non-hydrogen) atoms. The Hall–Kier alpha value is -5.68. The summed E-state index contributed by atoms with van der Waals surface area (Å²) < 4.78 is 6.24. The summed E-state index contributed by atoms with van der Waals surface area (Å²) >= 11 is 0. The number of furan rings is 1. The molecule has 0 bridgehead atoms. The summed E-state index contributed by atoms with van der Waals surface area (Å²) in [4.78, 5) is 20.9. The largest absolute Gasteiger partial charge is 0.436 e. The fourth-order valence-corrected chi connectivity index (χ4v) is 6.02. The van der Waals surface area contributed by atoms with Crippen molar-refractivity contribution in [3.63, 3.8) is 0 Å². The van der Waals surface area contributed by atoms with E-state index in [2.05, 4.69) is 54.6 Å². The Morgan fingerprint density at radius 3 is 1.37 bits per heavy atom. The summed E-state index contributed by atoms with van der Waals surface area (Å²) in [5, 5.41) is 7.37. The number of hydrogen-bond acceptors (Lipinski definition) is 5. The van der Waals surface area contributed by atoms with E-state index in [1.807, 2.05) is 66.7 Å². The van der Waals surface area contributed by atoms with Gasteiger partial charge in [0.1, 0.15) is 22.5 Å². The van der Waals surface area contributed by atoms with Gasteiger partial charge in [-0.05, 0) is 35.0 Å². The van der Waals surface area contributed by atoms with Crippen LogP contribution in [0.15, 0.2) is 126 Å². The smallest absolute Gasteiger partial charge is 0.246 e. The molecule has 5 nitrogen and oxygen atoms in total. The van der Waals surface area contributed by atoms with Crippen molar-refractivity contribution in [2.24, 2.45) is 0 Å². The maximum absolute atomic E-state index is 6.24. The van der Waals surface area contributed by atoms with Gasteiger partial charge in [-0.1, -0.05) is 97.1 Å². The first-order chi connectivity index (χ1) is 20.3. The normalized spacial score (nSPS) is 11.9. The van der Waals surface area contributed by atoms with Gasteiger partial charge < -0.3 is 4.42 Å². The van der Waals surface area contributed by atoms with E-state index in [4.69, 9.17) is 24.4 Å². The van der Waals surface area contributed by atoms with Gasteiger partial charge in [-0.2, -0.15) is 0 Å². The van der Waals surface area contributed by atoms with Gasteiger partial charge in [0.2, 0.25) is 5.71 Å². The molecular formula is C36H20N4O. The van der Waals surface area contributed by atoms with Gasteiger partial charge in [0, 0.05) is 26.9 Å². The van der Waals surface area contributed by atoms with Crippen LogP contribution in [0.25, 0.3) is 88.3 Å². The number of aromatic nitrogens is 4. The van der Waals surface area contributed by atoms with E-state index < -0.39 is 0 Å².